The van der Waals surface area contributed by atoms with Crippen LogP contribution in [0, 0.1) is 0 Å². The van der Waals surface area contributed by atoms with Gasteiger partial charge >= 0.3 is 5.97 Å². The number of imidazole rings is 3. The number of aliphatic carboxylic acids is 1. The first-order valence-electron chi connectivity index (χ1n) is 12.8. The van der Waals surface area contributed by atoms with Gasteiger partial charge in [0.1, 0.15) is 18.1 Å². The number of unbranched alkanes of at least 4 members (excludes halogenated alkanes) is 1. The predicted molar refractivity (Wildman–Crippen MR) is 141 cm³/mol. The van der Waals surface area contributed by atoms with E-state index in [1.54, 1.807) is 6.20 Å². The highest BCUT2D eigenvalue weighted by atomic mass is 16.4. The Balaban J connectivity index is 1.72. The highest BCUT2D eigenvalue weighted by Crippen LogP contribution is 2.07. The highest BCUT2D eigenvalue weighted by Gasteiger charge is 2.31. The molecule has 4 atom stereocenters. The SMILES string of the molecule is NCCCCC(NC(=O)C(N)Cc1cnc[nH]1)C(=O)NC(Cc1cnc[nH]1)C(=O)NC(Cc1cnc[nH]1)C(=O)O. The van der Waals surface area contributed by atoms with Gasteiger partial charge in [0, 0.05) is 54.9 Å². The Morgan fingerprint density at radius 2 is 1.20 bits per heavy atom. The summed E-state index contributed by atoms with van der Waals surface area (Å²) in [5, 5.41) is 17.5. The van der Waals surface area contributed by atoms with Gasteiger partial charge in [0.15, 0.2) is 0 Å². The molecule has 3 heterocycles. The van der Waals surface area contributed by atoms with E-state index in [2.05, 4.69) is 45.9 Å². The van der Waals surface area contributed by atoms with Crippen LogP contribution in [-0.2, 0) is 38.4 Å². The van der Waals surface area contributed by atoms with Crippen molar-refractivity contribution >= 4 is 23.7 Å². The molecule has 40 heavy (non-hydrogen) atoms. The monoisotopic (exact) mass is 557 g/mol. The summed E-state index contributed by atoms with van der Waals surface area (Å²) in [5.74, 6) is -3.16. The fraction of sp³-hybridized carbons (Fsp3) is 0.458. The van der Waals surface area contributed by atoms with E-state index in [1.807, 2.05) is 0 Å². The van der Waals surface area contributed by atoms with Crippen molar-refractivity contribution in [3.05, 3.63) is 54.7 Å². The first-order chi connectivity index (χ1) is 19.3. The summed E-state index contributed by atoms with van der Waals surface area (Å²) < 4.78 is 0. The topological polar surface area (TPSA) is 263 Å². The highest BCUT2D eigenvalue weighted by molar-refractivity contribution is 5.94. The van der Waals surface area contributed by atoms with Crippen LogP contribution in [0.4, 0.5) is 0 Å². The van der Waals surface area contributed by atoms with E-state index in [0.29, 0.717) is 36.5 Å². The molecule has 0 aliphatic heterocycles. The number of H-pyrrole nitrogens is 3. The zero-order valence-corrected chi connectivity index (χ0v) is 21.8. The second-order valence-electron chi connectivity index (χ2n) is 9.26. The number of nitrogens with two attached hydrogens (primary N) is 2. The number of hydrogen-bond acceptors (Lipinski definition) is 9. The molecule has 0 saturated carbocycles. The summed E-state index contributed by atoms with van der Waals surface area (Å²) in [6.45, 7) is 0.402. The number of carbonyl (C=O) groups excluding carboxylic acids is 3. The molecule has 0 aliphatic rings. The maximum atomic E-state index is 13.4. The quantitative estimate of drug-likeness (QED) is 0.0814. The van der Waals surface area contributed by atoms with Crippen LogP contribution in [0.1, 0.15) is 36.3 Å². The van der Waals surface area contributed by atoms with Crippen molar-refractivity contribution in [2.75, 3.05) is 6.54 Å². The number of rotatable bonds is 17. The number of carboxylic acid groups (broad SMARTS) is 1. The lowest BCUT2D eigenvalue weighted by molar-refractivity contribution is -0.142. The van der Waals surface area contributed by atoms with Crippen LogP contribution in [-0.4, -0.2) is 89.4 Å². The van der Waals surface area contributed by atoms with Crippen LogP contribution in [0.3, 0.4) is 0 Å². The number of nitrogens with one attached hydrogen (secondary N) is 6. The minimum absolute atomic E-state index is 0.00320. The van der Waals surface area contributed by atoms with E-state index < -0.39 is 47.9 Å². The Morgan fingerprint density at radius 3 is 1.70 bits per heavy atom. The van der Waals surface area contributed by atoms with Crippen molar-refractivity contribution in [3.63, 3.8) is 0 Å². The molecule has 16 nitrogen and oxygen atoms in total. The Kier molecular flexibility index (Phi) is 11.3. The number of carboxylic acids is 1. The van der Waals surface area contributed by atoms with Gasteiger partial charge in [-0.25, -0.2) is 19.7 Å². The van der Waals surface area contributed by atoms with Crippen LogP contribution in [0.15, 0.2) is 37.6 Å². The zero-order chi connectivity index (χ0) is 28.9. The molecular weight excluding hydrogens is 522 g/mol. The number of hydrogen-bond donors (Lipinski definition) is 9. The summed E-state index contributed by atoms with van der Waals surface area (Å²) in [6, 6.07) is -4.42. The van der Waals surface area contributed by atoms with Gasteiger partial charge in [0.05, 0.1) is 25.0 Å². The molecule has 0 radical (unpaired) electrons. The van der Waals surface area contributed by atoms with Gasteiger partial charge in [-0.2, -0.15) is 0 Å². The van der Waals surface area contributed by atoms with Crippen molar-refractivity contribution in [2.24, 2.45) is 11.5 Å². The Hall–Kier alpha value is -4.57. The Labute approximate surface area is 229 Å². The summed E-state index contributed by atoms with van der Waals surface area (Å²) in [7, 11) is 0. The molecule has 0 fully saturated rings. The van der Waals surface area contributed by atoms with Gasteiger partial charge in [-0.3, -0.25) is 14.4 Å². The summed E-state index contributed by atoms with van der Waals surface area (Å²) in [4.78, 5) is 71.5. The smallest absolute Gasteiger partial charge is 0.326 e. The van der Waals surface area contributed by atoms with Crippen molar-refractivity contribution in [2.45, 2.75) is 62.7 Å². The van der Waals surface area contributed by atoms with E-state index in [4.69, 9.17) is 11.5 Å². The molecular formula is C24H35N11O5. The molecule has 0 aliphatic carbocycles. The van der Waals surface area contributed by atoms with E-state index in [1.165, 1.54) is 31.4 Å². The van der Waals surface area contributed by atoms with Crippen LogP contribution in [0.5, 0.6) is 0 Å². The number of nitrogens with zero attached hydrogens (tertiary/aromatic N) is 3. The molecule has 11 N–H and O–H groups in total. The summed E-state index contributed by atoms with van der Waals surface area (Å²) >= 11 is 0. The third-order valence-corrected chi connectivity index (χ3v) is 6.12. The number of carbonyl (C=O) groups is 4. The van der Waals surface area contributed by atoms with Crippen molar-refractivity contribution in [1.29, 1.82) is 0 Å². The van der Waals surface area contributed by atoms with Gasteiger partial charge in [-0.15, -0.1) is 0 Å². The van der Waals surface area contributed by atoms with Crippen LogP contribution in [0.2, 0.25) is 0 Å². The molecule has 0 bridgehead atoms. The van der Waals surface area contributed by atoms with Gasteiger partial charge in [-0.1, -0.05) is 0 Å². The van der Waals surface area contributed by atoms with E-state index in [0.717, 1.165) is 0 Å². The average Bonchev–Trinajstić information content (AvgIpc) is 3.72. The normalized spacial score (nSPS) is 14.1. The minimum Gasteiger partial charge on any atom is -0.480 e. The van der Waals surface area contributed by atoms with Gasteiger partial charge in [-0.05, 0) is 25.8 Å². The first kappa shape index (κ1) is 30.0. The predicted octanol–water partition coefficient (Wildman–Crippen LogP) is -2.12. The molecule has 0 spiro atoms. The molecule has 3 aromatic rings. The molecule has 3 amide bonds. The van der Waals surface area contributed by atoms with E-state index in [-0.39, 0.29) is 25.7 Å². The maximum Gasteiger partial charge on any atom is 0.326 e. The average molecular weight is 558 g/mol. The lowest BCUT2D eigenvalue weighted by Crippen LogP contribution is -2.58. The first-order valence-corrected chi connectivity index (χ1v) is 12.8. The molecule has 4 unspecified atom stereocenters. The molecule has 3 aromatic heterocycles. The van der Waals surface area contributed by atoms with Gasteiger partial charge in [0.2, 0.25) is 17.7 Å². The second kappa shape index (κ2) is 15.1. The van der Waals surface area contributed by atoms with E-state index in [9.17, 15) is 24.3 Å². The molecule has 0 saturated heterocycles. The Morgan fingerprint density at radius 1 is 0.725 bits per heavy atom. The third-order valence-electron chi connectivity index (χ3n) is 6.12. The van der Waals surface area contributed by atoms with Crippen molar-refractivity contribution in [3.8, 4) is 0 Å². The third kappa shape index (κ3) is 9.32. The fourth-order valence-corrected chi connectivity index (χ4v) is 3.95. The van der Waals surface area contributed by atoms with Gasteiger partial charge in [0.25, 0.3) is 0 Å². The van der Waals surface area contributed by atoms with Crippen LogP contribution >= 0.6 is 0 Å². The number of aromatic amines is 3. The summed E-state index contributed by atoms with van der Waals surface area (Å²) in [5.41, 5.74) is 13.3. The molecule has 216 valence electrons. The fourth-order valence-electron chi connectivity index (χ4n) is 3.95. The molecule has 0 aromatic carbocycles. The van der Waals surface area contributed by atoms with Crippen LogP contribution < -0.4 is 27.4 Å². The zero-order valence-electron chi connectivity index (χ0n) is 21.8. The van der Waals surface area contributed by atoms with Gasteiger partial charge < -0.3 is 47.5 Å². The van der Waals surface area contributed by atoms with E-state index >= 15 is 0 Å². The standard InChI is InChI=1S/C24H35N11O5/c25-4-2-1-3-18(33-21(36)17(26)5-14-8-27-11-30-14)22(37)34-19(6-15-9-28-12-31-15)23(38)35-20(24(39)40)7-16-10-29-13-32-16/h8-13,17-20H,1-7,25-26H2,(H,27,30)(H,28,31)(H,29,32)(H,33,36)(H,34,37)(H,35,38)(H,39,40). The largest absolute Gasteiger partial charge is 0.480 e. The maximum absolute atomic E-state index is 13.4. The molecule has 16 heteroatoms. The van der Waals surface area contributed by atoms with Crippen molar-refractivity contribution < 1.29 is 24.3 Å². The molecule has 3 rings (SSSR count). The lowest BCUT2D eigenvalue weighted by Gasteiger charge is -2.25. The van der Waals surface area contributed by atoms with Crippen molar-refractivity contribution in [1.82, 2.24) is 45.9 Å². The number of aromatic nitrogens is 6. The number of amides is 3. The Bertz CT molecular complexity index is 1200. The summed E-state index contributed by atoms with van der Waals surface area (Å²) in [6.07, 6.45) is 10.3. The van der Waals surface area contributed by atoms with Crippen LogP contribution in [0.25, 0.3) is 0 Å². The minimum atomic E-state index is -1.28. The lowest BCUT2D eigenvalue weighted by atomic mass is 10.0. The second-order valence-corrected chi connectivity index (χ2v) is 9.26.